The Balaban J connectivity index is 2.56. The molecule has 0 aliphatic rings. The van der Waals surface area contributed by atoms with Gasteiger partial charge >= 0.3 is 5.69 Å². The lowest BCUT2D eigenvalue weighted by molar-refractivity contribution is -0.714. The van der Waals surface area contributed by atoms with Crippen LogP contribution in [0, 0.1) is 16.2 Å². The fourth-order valence-electron chi connectivity index (χ4n) is 1.07. The predicted octanol–water partition coefficient (Wildman–Crippen LogP) is 0.686. The van der Waals surface area contributed by atoms with E-state index in [0.29, 0.717) is 4.88 Å². The fourth-order valence-corrected chi connectivity index (χ4v) is 1.73. The maximum Gasteiger partial charge on any atom is 0.331 e. The van der Waals surface area contributed by atoms with E-state index in [1.807, 2.05) is 0 Å². The first-order valence-electron chi connectivity index (χ1n) is 3.87. The van der Waals surface area contributed by atoms with Crippen molar-refractivity contribution < 1.29 is 14.0 Å². The number of thiophene rings is 1. The zero-order valence-electron chi connectivity index (χ0n) is 7.26. The fraction of sp³-hybridized carbons (Fsp3) is 0. The molecule has 7 heteroatoms. The minimum Gasteiger partial charge on any atom is -0.283 e. The number of nitrogens with zero attached hydrogens (tertiary/aromatic N) is 2. The lowest BCUT2D eigenvalue weighted by Crippen LogP contribution is -2.21. The minimum absolute atomic E-state index is 0.000602. The second kappa shape index (κ2) is 3.51. The first kappa shape index (κ1) is 9.36. The van der Waals surface area contributed by atoms with E-state index in [9.17, 15) is 9.70 Å². The highest BCUT2D eigenvalue weighted by molar-refractivity contribution is 7.12. The molecular formula is C8H4N3O3S+. The largest absolute Gasteiger partial charge is 0.331 e. The van der Waals surface area contributed by atoms with Gasteiger partial charge in [0.05, 0.1) is 4.88 Å². The second-order valence-electron chi connectivity index (χ2n) is 2.59. The van der Waals surface area contributed by atoms with Crippen molar-refractivity contribution in [1.82, 2.24) is 5.16 Å². The normalized spacial score (nSPS) is 9.80. The summed E-state index contributed by atoms with van der Waals surface area (Å²) in [4.78, 5) is 23.2. The van der Waals surface area contributed by atoms with E-state index < -0.39 is 5.78 Å². The monoisotopic (exact) mass is 222 g/mol. The average molecular weight is 222 g/mol. The second-order valence-corrected chi connectivity index (χ2v) is 3.54. The van der Waals surface area contributed by atoms with Crippen molar-refractivity contribution in [3.8, 4) is 6.07 Å². The number of carbonyl (C=O) groups is 1. The lowest BCUT2D eigenvalue weighted by Gasteiger charge is -1.84. The van der Waals surface area contributed by atoms with Crippen LogP contribution < -0.4 is 4.60 Å². The molecule has 2 rings (SSSR count). The van der Waals surface area contributed by atoms with Gasteiger partial charge in [-0.3, -0.25) is 4.79 Å². The van der Waals surface area contributed by atoms with Crippen molar-refractivity contribution in [2.75, 3.05) is 0 Å². The highest BCUT2D eigenvalue weighted by Gasteiger charge is 2.29. The van der Waals surface area contributed by atoms with Crippen molar-refractivity contribution >= 4 is 17.1 Å². The summed E-state index contributed by atoms with van der Waals surface area (Å²) >= 11 is 1.19. The molecule has 2 aromatic heterocycles. The van der Waals surface area contributed by atoms with Crippen LogP contribution in [0.15, 0.2) is 22.1 Å². The van der Waals surface area contributed by atoms with E-state index >= 15 is 0 Å². The Kier molecular flexibility index (Phi) is 2.19. The van der Waals surface area contributed by atoms with Crippen LogP contribution in [0.1, 0.15) is 21.1 Å². The van der Waals surface area contributed by atoms with Gasteiger partial charge in [-0.15, -0.1) is 11.3 Å². The Bertz CT molecular complexity index is 587. The maximum atomic E-state index is 11.7. The number of aromatic amines is 1. The van der Waals surface area contributed by atoms with Crippen LogP contribution >= 0.6 is 11.3 Å². The molecule has 0 amide bonds. The molecule has 15 heavy (non-hydrogen) atoms. The number of hydrogen-bond donors (Lipinski definition) is 1. The van der Waals surface area contributed by atoms with Gasteiger partial charge in [0.15, 0.2) is 10.7 Å². The van der Waals surface area contributed by atoms with Crippen molar-refractivity contribution in [2.24, 2.45) is 0 Å². The summed E-state index contributed by atoms with van der Waals surface area (Å²) in [6.45, 7) is 0. The molecule has 0 saturated carbocycles. The number of H-pyrrole nitrogens is 1. The highest BCUT2D eigenvalue weighted by atomic mass is 32.1. The van der Waals surface area contributed by atoms with E-state index in [1.165, 1.54) is 11.3 Å². The smallest absolute Gasteiger partial charge is 0.283 e. The molecule has 1 N–H and O–H groups in total. The lowest BCUT2D eigenvalue weighted by atomic mass is 10.2. The Morgan fingerprint density at radius 1 is 1.67 bits per heavy atom. The molecular weight excluding hydrogens is 218 g/mol. The molecule has 0 radical (unpaired) electrons. The molecule has 0 bridgehead atoms. The van der Waals surface area contributed by atoms with Gasteiger partial charge in [0.1, 0.15) is 0 Å². The third-order valence-corrected chi connectivity index (χ3v) is 2.59. The van der Waals surface area contributed by atoms with Gasteiger partial charge in [-0.2, -0.15) is 5.26 Å². The highest BCUT2D eigenvalue weighted by Crippen LogP contribution is 2.13. The van der Waals surface area contributed by atoms with Gasteiger partial charge in [0, 0.05) is 0 Å². The van der Waals surface area contributed by atoms with Crippen molar-refractivity contribution in [3.05, 3.63) is 38.7 Å². The van der Waals surface area contributed by atoms with E-state index in [2.05, 4.69) is 9.79 Å². The SMILES string of the molecule is N#Cc1[nH]o[n+](=O)c1C(=O)c1cccs1. The molecule has 74 valence electrons. The third-order valence-electron chi connectivity index (χ3n) is 1.72. The molecule has 0 aliphatic carbocycles. The summed E-state index contributed by atoms with van der Waals surface area (Å²) in [5.74, 6) is -0.526. The van der Waals surface area contributed by atoms with Crippen LogP contribution in [0.4, 0.5) is 0 Å². The van der Waals surface area contributed by atoms with Gasteiger partial charge < -0.3 is 0 Å². The summed E-state index contributed by atoms with van der Waals surface area (Å²) in [6, 6.07) is 4.93. The molecule has 2 aromatic rings. The zero-order chi connectivity index (χ0) is 10.8. The molecule has 0 atom stereocenters. The zero-order valence-corrected chi connectivity index (χ0v) is 8.08. The minimum atomic E-state index is -0.526. The number of nitrogens with one attached hydrogen (secondary N) is 1. The number of hydrogen-bond acceptors (Lipinski definition) is 5. The standard InChI is InChI=1S/C8H3N3O3S/c9-4-5-7(11(13)14-10-5)8(12)6-2-1-3-15-6/h1-3H/p+1. The summed E-state index contributed by atoms with van der Waals surface area (Å²) in [5, 5.41) is 12.4. The number of rotatable bonds is 2. The molecule has 0 spiro atoms. The van der Waals surface area contributed by atoms with Crippen molar-refractivity contribution in [1.29, 1.82) is 5.26 Å². The molecule has 0 aliphatic heterocycles. The van der Waals surface area contributed by atoms with Crippen LogP contribution in [-0.4, -0.2) is 10.9 Å². The number of ketones is 1. The summed E-state index contributed by atoms with van der Waals surface area (Å²) in [6.07, 6.45) is 0. The third kappa shape index (κ3) is 1.47. The van der Waals surface area contributed by atoms with Gasteiger partial charge in [0.25, 0.3) is 11.5 Å². The van der Waals surface area contributed by atoms with Crippen LogP contribution in [0.5, 0.6) is 0 Å². The first-order valence-corrected chi connectivity index (χ1v) is 4.75. The summed E-state index contributed by atoms with van der Waals surface area (Å²) in [7, 11) is 0. The predicted molar refractivity (Wildman–Crippen MR) is 48.9 cm³/mol. The molecule has 0 fully saturated rings. The van der Waals surface area contributed by atoms with E-state index in [1.54, 1.807) is 23.6 Å². The Morgan fingerprint density at radius 2 is 2.47 bits per heavy atom. The first-order chi connectivity index (χ1) is 7.24. The Hall–Kier alpha value is -2.20. The molecule has 6 nitrogen and oxygen atoms in total. The Labute approximate surface area is 86.9 Å². The Morgan fingerprint density at radius 3 is 3.07 bits per heavy atom. The van der Waals surface area contributed by atoms with Crippen molar-refractivity contribution in [2.45, 2.75) is 0 Å². The van der Waals surface area contributed by atoms with Gasteiger partial charge in [-0.1, -0.05) is 15.9 Å². The average Bonchev–Trinajstić information content (AvgIpc) is 2.85. The maximum absolute atomic E-state index is 11.7. The molecule has 0 saturated heterocycles. The van der Waals surface area contributed by atoms with E-state index in [4.69, 9.17) is 5.26 Å². The molecule has 0 aromatic carbocycles. The van der Waals surface area contributed by atoms with E-state index in [0.717, 1.165) is 0 Å². The van der Waals surface area contributed by atoms with Gasteiger partial charge in [0.2, 0.25) is 0 Å². The molecule has 2 heterocycles. The van der Waals surface area contributed by atoms with Crippen LogP contribution in [0.25, 0.3) is 0 Å². The number of carbonyl (C=O) groups excluding carboxylic acids is 1. The van der Waals surface area contributed by atoms with Gasteiger partial charge in [-0.25, -0.2) is 0 Å². The van der Waals surface area contributed by atoms with Crippen LogP contribution in [0.2, 0.25) is 0 Å². The number of nitriles is 1. The number of aromatic nitrogens is 2. The molecule has 0 unspecified atom stereocenters. The topological polar surface area (TPSA) is 92.8 Å². The van der Waals surface area contributed by atoms with Crippen LogP contribution in [0.3, 0.4) is 0 Å². The van der Waals surface area contributed by atoms with Crippen LogP contribution in [-0.2, 0) is 0 Å². The summed E-state index contributed by atoms with van der Waals surface area (Å²) in [5.41, 5.74) is -0.497. The summed E-state index contributed by atoms with van der Waals surface area (Å²) < 4.78 is 4.30. The van der Waals surface area contributed by atoms with Crippen molar-refractivity contribution in [3.63, 3.8) is 0 Å². The van der Waals surface area contributed by atoms with E-state index in [-0.39, 0.29) is 16.0 Å². The van der Waals surface area contributed by atoms with Gasteiger partial charge in [-0.05, 0) is 16.4 Å². The quantitative estimate of drug-likeness (QED) is 0.756.